The standard InChI is InChI=1S/C17H16F2N2O4S/c1-9-3-6-14(26-9)17(24)20-8-15(22)25-10(2)16(23)21-13-5-4-11(18)7-12(13)19/h3-7,10H,8H2,1-2H3,(H,20,24)(H,21,23)/t10-/m0/s1. The van der Waals surface area contributed by atoms with Gasteiger partial charge >= 0.3 is 5.97 Å². The van der Waals surface area contributed by atoms with Crippen LogP contribution in [0.3, 0.4) is 0 Å². The van der Waals surface area contributed by atoms with Crippen LogP contribution in [0.1, 0.15) is 21.5 Å². The number of aryl methyl sites for hydroxylation is 1. The van der Waals surface area contributed by atoms with Crippen LogP contribution in [0.25, 0.3) is 0 Å². The van der Waals surface area contributed by atoms with Crippen molar-refractivity contribution in [1.29, 1.82) is 0 Å². The first-order chi connectivity index (χ1) is 12.3. The number of hydrogen-bond donors (Lipinski definition) is 2. The summed E-state index contributed by atoms with van der Waals surface area (Å²) in [7, 11) is 0. The van der Waals surface area contributed by atoms with E-state index in [-0.39, 0.29) is 5.69 Å². The third kappa shape index (κ3) is 5.35. The average Bonchev–Trinajstić information content (AvgIpc) is 3.01. The predicted molar refractivity (Wildman–Crippen MR) is 91.9 cm³/mol. The maximum absolute atomic E-state index is 13.5. The number of halogens is 2. The van der Waals surface area contributed by atoms with E-state index in [1.54, 1.807) is 12.1 Å². The van der Waals surface area contributed by atoms with E-state index in [9.17, 15) is 23.2 Å². The second-order valence-electron chi connectivity index (χ2n) is 5.34. The van der Waals surface area contributed by atoms with Crippen LogP contribution < -0.4 is 10.6 Å². The Kier molecular flexibility index (Phi) is 6.40. The summed E-state index contributed by atoms with van der Waals surface area (Å²) < 4.78 is 31.2. The Morgan fingerprint density at radius 2 is 1.92 bits per heavy atom. The predicted octanol–water partition coefficient (Wildman–Crippen LogP) is 2.63. The summed E-state index contributed by atoms with van der Waals surface area (Å²) in [5.41, 5.74) is -0.235. The second kappa shape index (κ2) is 8.52. The van der Waals surface area contributed by atoms with Crippen molar-refractivity contribution in [3.05, 3.63) is 51.7 Å². The average molecular weight is 382 g/mol. The molecule has 0 saturated heterocycles. The SMILES string of the molecule is Cc1ccc(C(=O)NCC(=O)O[C@@H](C)C(=O)Nc2ccc(F)cc2F)s1. The first kappa shape index (κ1) is 19.5. The second-order valence-corrected chi connectivity index (χ2v) is 6.63. The van der Waals surface area contributed by atoms with Gasteiger partial charge in [-0.25, -0.2) is 8.78 Å². The minimum atomic E-state index is -1.23. The number of amides is 2. The van der Waals surface area contributed by atoms with Crippen LogP contribution in [0, 0.1) is 18.6 Å². The number of rotatable bonds is 6. The van der Waals surface area contributed by atoms with Gasteiger partial charge in [-0.2, -0.15) is 0 Å². The van der Waals surface area contributed by atoms with E-state index < -0.39 is 42.1 Å². The van der Waals surface area contributed by atoms with Gasteiger partial charge in [-0.1, -0.05) is 0 Å². The molecule has 6 nitrogen and oxygen atoms in total. The van der Waals surface area contributed by atoms with Crippen molar-refractivity contribution in [2.24, 2.45) is 0 Å². The van der Waals surface area contributed by atoms with Crippen LogP contribution in [0.2, 0.25) is 0 Å². The number of anilines is 1. The lowest BCUT2D eigenvalue weighted by Crippen LogP contribution is -2.35. The summed E-state index contributed by atoms with van der Waals surface area (Å²) in [6.45, 7) is 2.72. The number of hydrogen-bond acceptors (Lipinski definition) is 5. The van der Waals surface area contributed by atoms with Crippen LogP contribution in [0.4, 0.5) is 14.5 Å². The van der Waals surface area contributed by atoms with E-state index >= 15 is 0 Å². The molecule has 9 heteroatoms. The Balaban J connectivity index is 1.82. The first-order valence-electron chi connectivity index (χ1n) is 7.56. The molecule has 0 fully saturated rings. The van der Waals surface area contributed by atoms with Crippen molar-refractivity contribution in [2.45, 2.75) is 20.0 Å². The van der Waals surface area contributed by atoms with E-state index in [0.717, 1.165) is 17.0 Å². The first-order valence-corrected chi connectivity index (χ1v) is 8.38. The molecule has 0 aliphatic heterocycles. The van der Waals surface area contributed by atoms with Gasteiger partial charge in [0, 0.05) is 10.9 Å². The van der Waals surface area contributed by atoms with Crippen LogP contribution in [-0.2, 0) is 14.3 Å². The molecule has 2 rings (SSSR count). The fraction of sp³-hybridized carbons (Fsp3) is 0.235. The van der Waals surface area contributed by atoms with E-state index in [4.69, 9.17) is 4.74 Å². The topological polar surface area (TPSA) is 84.5 Å². The largest absolute Gasteiger partial charge is 0.451 e. The summed E-state index contributed by atoms with van der Waals surface area (Å²) in [5, 5.41) is 4.58. The number of carbonyl (C=O) groups excluding carboxylic acids is 3. The molecule has 2 amide bonds. The highest BCUT2D eigenvalue weighted by atomic mass is 32.1. The van der Waals surface area contributed by atoms with Crippen molar-refractivity contribution in [3.8, 4) is 0 Å². The molecule has 0 saturated carbocycles. The van der Waals surface area contributed by atoms with Crippen molar-refractivity contribution in [3.63, 3.8) is 0 Å². The summed E-state index contributed by atoms with van der Waals surface area (Å²) in [6.07, 6.45) is -1.23. The van der Waals surface area contributed by atoms with Gasteiger partial charge in [-0.15, -0.1) is 11.3 Å². The van der Waals surface area contributed by atoms with Gasteiger partial charge in [0.05, 0.1) is 10.6 Å². The summed E-state index contributed by atoms with van der Waals surface area (Å²) >= 11 is 1.28. The lowest BCUT2D eigenvalue weighted by molar-refractivity contribution is -0.152. The molecule has 1 atom stereocenters. The van der Waals surface area contributed by atoms with Gasteiger partial charge in [-0.05, 0) is 38.1 Å². The molecule has 1 aromatic carbocycles. The molecular weight excluding hydrogens is 366 g/mol. The number of esters is 1. The lowest BCUT2D eigenvalue weighted by atomic mass is 10.2. The minimum absolute atomic E-state index is 0.235. The highest BCUT2D eigenvalue weighted by Crippen LogP contribution is 2.16. The molecule has 0 aliphatic rings. The smallest absolute Gasteiger partial charge is 0.326 e. The van der Waals surface area contributed by atoms with Crippen LogP contribution in [0.15, 0.2) is 30.3 Å². The number of carbonyl (C=O) groups is 3. The molecule has 138 valence electrons. The van der Waals surface area contributed by atoms with Crippen molar-refractivity contribution in [1.82, 2.24) is 5.32 Å². The monoisotopic (exact) mass is 382 g/mol. The van der Waals surface area contributed by atoms with Gasteiger partial charge in [0.15, 0.2) is 6.10 Å². The van der Waals surface area contributed by atoms with Crippen molar-refractivity contribution in [2.75, 3.05) is 11.9 Å². The van der Waals surface area contributed by atoms with Crippen molar-refractivity contribution < 1.29 is 27.9 Å². The number of nitrogens with one attached hydrogen (secondary N) is 2. The zero-order valence-corrected chi connectivity index (χ0v) is 14.8. The summed E-state index contributed by atoms with van der Waals surface area (Å²) in [6, 6.07) is 6.07. The molecule has 0 radical (unpaired) electrons. The van der Waals surface area contributed by atoms with Gasteiger partial charge in [-0.3, -0.25) is 14.4 Å². The Labute approximate surface area is 152 Å². The van der Waals surface area contributed by atoms with Crippen molar-refractivity contribution >= 4 is 34.8 Å². The van der Waals surface area contributed by atoms with Gasteiger partial charge in [0.1, 0.15) is 18.2 Å². The number of benzene rings is 1. The van der Waals surface area contributed by atoms with Gasteiger partial charge in [0.2, 0.25) is 0 Å². The van der Waals surface area contributed by atoms with E-state index in [1.165, 1.54) is 18.3 Å². The molecule has 0 unspecified atom stereocenters. The highest BCUT2D eigenvalue weighted by Gasteiger charge is 2.20. The third-order valence-electron chi connectivity index (χ3n) is 3.22. The number of ether oxygens (including phenoxy) is 1. The molecule has 2 aromatic rings. The van der Waals surface area contributed by atoms with Crippen LogP contribution in [0.5, 0.6) is 0 Å². The van der Waals surface area contributed by atoms with E-state index in [2.05, 4.69) is 10.6 Å². The molecule has 0 spiro atoms. The molecule has 0 aliphatic carbocycles. The number of thiophene rings is 1. The quantitative estimate of drug-likeness (QED) is 0.753. The maximum Gasteiger partial charge on any atom is 0.326 e. The van der Waals surface area contributed by atoms with Crippen LogP contribution >= 0.6 is 11.3 Å². The Morgan fingerprint density at radius 3 is 2.54 bits per heavy atom. The van der Waals surface area contributed by atoms with Gasteiger partial charge in [0.25, 0.3) is 11.8 Å². The molecule has 1 aromatic heterocycles. The molecule has 0 bridgehead atoms. The normalized spacial score (nSPS) is 11.5. The zero-order chi connectivity index (χ0) is 19.3. The Bertz CT molecular complexity index is 838. The summed E-state index contributed by atoms with van der Waals surface area (Å²) in [5.74, 6) is -3.77. The lowest BCUT2D eigenvalue weighted by Gasteiger charge is -2.14. The minimum Gasteiger partial charge on any atom is -0.451 e. The zero-order valence-electron chi connectivity index (χ0n) is 14.0. The molecule has 2 N–H and O–H groups in total. The molecule has 26 heavy (non-hydrogen) atoms. The fourth-order valence-corrected chi connectivity index (χ4v) is 2.70. The third-order valence-corrected chi connectivity index (χ3v) is 4.22. The van der Waals surface area contributed by atoms with E-state index in [1.807, 2.05) is 6.92 Å². The fourth-order valence-electron chi connectivity index (χ4n) is 1.91. The maximum atomic E-state index is 13.5. The Morgan fingerprint density at radius 1 is 1.19 bits per heavy atom. The van der Waals surface area contributed by atoms with Gasteiger partial charge < -0.3 is 15.4 Å². The molecular formula is C17H16F2N2O4S. The highest BCUT2D eigenvalue weighted by molar-refractivity contribution is 7.13. The summed E-state index contributed by atoms with van der Waals surface area (Å²) in [4.78, 5) is 36.9. The van der Waals surface area contributed by atoms with Crippen LogP contribution in [-0.4, -0.2) is 30.4 Å². The molecule has 1 heterocycles. The van der Waals surface area contributed by atoms with E-state index in [0.29, 0.717) is 10.9 Å². The Hall–Kier alpha value is -2.81.